The average molecular weight is 427 g/mol. The molecule has 4 rings (SSSR count). The van der Waals surface area contributed by atoms with Crippen LogP contribution in [0.4, 0.5) is 5.82 Å². The Labute approximate surface area is 176 Å². The van der Waals surface area contributed by atoms with Gasteiger partial charge in [-0.2, -0.15) is 0 Å². The van der Waals surface area contributed by atoms with Crippen LogP contribution in [0.1, 0.15) is 35.8 Å². The van der Waals surface area contributed by atoms with Gasteiger partial charge in [0.2, 0.25) is 0 Å². The van der Waals surface area contributed by atoms with Crippen molar-refractivity contribution in [2.75, 3.05) is 5.73 Å². The summed E-state index contributed by atoms with van der Waals surface area (Å²) in [6.45, 7) is 0. The zero-order chi connectivity index (χ0) is 22.1. The first kappa shape index (κ1) is 20.8. The molecule has 1 aliphatic rings. The molecule has 0 aliphatic carbocycles. The molecule has 0 bridgehead atoms. The Morgan fingerprint density at radius 1 is 1.13 bits per heavy atom. The number of benzene rings is 1. The van der Waals surface area contributed by atoms with Gasteiger partial charge in [0.25, 0.3) is 0 Å². The van der Waals surface area contributed by atoms with Crippen molar-refractivity contribution in [3.63, 3.8) is 0 Å². The number of anilines is 1. The molecule has 1 unspecified atom stereocenters. The summed E-state index contributed by atoms with van der Waals surface area (Å²) in [6, 6.07) is 6.00. The second kappa shape index (κ2) is 8.38. The lowest BCUT2D eigenvalue weighted by molar-refractivity contribution is -0.119. The number of aromatic nitrogens is 4. The molecule has 3 heterocycles. The largest absolute Gasteiger partial charge is 0.507 e. The Morgan fingerprint density at radius 3 is 2.68 bits per heavy atom. The quantitative estimate of drug-likeness (QED) is 0.304. The minimum atomic E-state index is -1.28. The number of Topliss-reactive ketones (excluding diaryl/α,β-unsaturated/α-hetero) is 2. The number of carbonyl (C=O) groups is 2. The number of ketones is 2. The number of hydrogen-bond donors (Lipinski definition) is 4. The molecule has 1 aliphatic heterocycles. The highest BCUT2D eigenvalue weighted by atomic mass is 16.6. The van der Waals surface area contributed by atoms with Crippen LogP contribution in [0.15, 0.2) is 36.9 Å². The van der Waals surface area contributed by atoms with Gasteiger partial charge in [-0.05, 0) is 18.6 Å². The van der Waals surface area contributed by atoms with Gasteiger partial charge in [0.1, 0.15) is 35.6 Å². The first-order chi connectivity index (χ1) is 14.9. The third-order valence-corrected chi connectivity index (χ3v) is 5.27. The molecule has 0 amide bonds. The summed E-state index contributed by atoms with van der Waals surface area (Å²) in [7, 11) is 0. The molecular formula is C20H21N5O6. The van der Waals surface area contributed by atoms with Crippen molar-refractivity contribution >= 4 is 28.5 Å². The second-order valence-electron chi connectivity index (χ2n) is 7.32. The zero-order valence-corrected chi connectivity index (χ0v) is 16.3. The molecule has 11 nitrogen and oxygen atoms in total. The van der Waals surface area contributed by atoms with E-state index in [0.29, 0.717) is 11.2 Å². The lowest BCUT2D eigenvalue weighted by Crippen LogP contribution is -2.31. The number of rotatable bonds is 7. The van der Waals surface area contributed by atoms with E-state index in [9.17, 15) is 24.9 Å². The van der Waals surface area contributed by atoms with E-state index in [4.69, 9.17) is 10.5 Å². The molecule has 0 spiro atoms. The van der Waals surface area contributed by atoms with Crippen molar-refractivity contribution < 1.29 is 29.6 Å². The normalized spacial score (nSPS) is 23.3. The summed E-state index contributed by atoms with van der Waals surface area (Å²) in [5, 5.41) is 30.6. The van der Waals surface area contributed by atoms with E-state index in [1.807, 2.05) is 0 Å². The maximum absolute atomic E-state index is 12.3. The van der Waals surface area contributed by atoms with E-state index < -0.39 is 30.3 Å². The topological polar surface area (TPSA) is 174 Å². The van der Waals surface area contributed by atoms with E-state index >= 15 is 0 Å². The molecule has 1 fully saturated rings. The molecule has 1 saturated heterocycles. The number of ether oxygens (including phenoxy) is 1. The predicted molar refractivity (Wildman–Crippen MR) is 107 cm³/mol. The van der Waals surface area contributed by atoms with Crippen LogP contribution in [0.5, 0.6) is 5.75 Å². The van der Waals surface area contributed by atoms with Gasteiger partial charge in [-0.3, -0.25) is 14.2 Å². The van der Waals surface area contributed by atoms with Crippen molar-refractivity contribution in [1.82, 2.24) is 19.5 Å². The highest BCUT2D eigenvalue weighted by molar-refractivity contribution is 6.09. The first-order valence-corrected chi connectivity index (χ1v) is 9.64. The number of aliphatic hydroxyl groups is 2. The fraction of sp³-hybridized carbons (Fsp3) is 0.350. The van der Waals surface area contributed by atoms with Gasteiger partial charge in [-0.15, -0.1) is 0 Å². The number of nitrogens with zero attached hydrogens (tertiary/aromatic N) is 4. The molecule has 0 radical (unpaired) electrons. The number of phenols is 1. The molecule has 0 saturated carbocycles. The predicted octanol–water partition coefficient (Wildman–Crippen LogP) is 0.356. The summed E-state index contributed by atoms with van der Waals surface area (Å²) >= 11 is 0. The molecule has 4 atom stereocenters. The smallest absolute Gasteiger partial charge is 0.173 e. The highest BCUT2D eigenvalue weighted by Crippen LogP contribution is 2.33. The van der Waals surface area contributed by atoms with Crippen molar-refractivity contribution in [3.05, 3.63) is 42.5 Å². The van der Waals surface area contributed by atoms with Gasteiger partial charge in [0, 0.05) is 6.42 Å². The van der Waals surface area contributed by atoms with Crippen LogP contribution in [-0.2, 0) is 9.53 Å². The molecule has 162 valence electrons. The number of fused-ring (bicyclic) bond motifs is 1. The summed E-state index contributed by atoms with van der Waals surface area (Å²) in [4.78, 5) is 36.5. The lowest BCUT2D eigenvalue weighted by Gasteiger charge is -2.16. The van der Waals surface area contributed by atoms with Crippen LogP contribution in [-0.4, -0.2) is 64.7 Å². The van der Waals surface area contributed by atoms with E-state index in [2.05, 4.69) is 15.0 Å². The molecule has 1 aromatic carbocycles. The van der Waals surface area contributed by atoms with E-state index in [1.54, 1.807) is 12.1 Å². The minimum Gasteiger partial charge on any atom is -0.507 e. The van der Waals surface area contributed by atoms with E-state index in [1.165, 1.54) is 29.4 Å². The van der Waals surface area contributed by atoms with Gasteiger partial charge >= 0.3 is 0 Å². The number of carbonyl (C=O) groups excluding carboxylic acids is 2. The van der Waals surface area contributed by atoms with Crippen molar-refractivity contribution in [2.24, 2.45) is 0 Å². The SMILES string of the molecule is Nc1ncnc2c1ncn2[C@@H]1O[C@H](CCC(=O)CC(=O)c2ccccc2O)[C@H](O)C1O. The summed E-state index contributed by atoms with van der Waals surface area (Å²) in [6.07, 6.45) is -2.02. The number of nitrogens with two attached hydrogens (primary N) is 1. The van der Waals surface area contributed by atoms with Crippen LogP contribution in [0.3, 0.4) is 0 Å². The van der Waals surface area contributed by atoms with Crippen LogP contribution >= 0.6 is 0 Å². The van der Waals surface area contributed by atoms with Crippen molar-refractivity contribution in [1.29, 1.82) is 0 Å². The summed E-state index contributed by atoms with van der Waals surface area (Å²) < 4.78 is 7.23. The van der Waals surface area contributed by atoms with Crippen LogP contribution in [0, 0.1) is 0 Å². The number of aliphatic hydroxyl groups excluding tert-OH is 2. The number of imidazole rings is 1. The van der Waals surface area contributed by atoms with E-state index in [-0.39, 0.29) is 42.2 Å². The van der Waals surface area contributed by atoms with Gasteiger partial charge < -0.3 is 25.8 Å². The average Bonchev–Trinajstić information content (AvgIpc) is 3.29. The first-order valence-electron chi connectivity index (χ1n) is 9.64. The third kappa shape index (κ3) is 3.98. The standard InChI is InChI=1S/C20H21N5O6/c21-18-15-19(23-8-22-18)25(9-24-15)20-17(30)16(29)14(31-20)6-5-10(26)7-13(28)11-3-1-2-4-12(11)27/h1-4,8-9,14,16-17,20,27,29-30H,5-7H2,(H2,21,22,23)/t14-,16+,17?,20-/m1/s1. The summed E-state index contributed by atoms with van der Waals surface area (Å²) in [5.74, 6) is -0.863. The Morgan fingerprint density at radius 2 is 1.90 bits per heavy atom. The Bertz CT molecular complexity index is 1130. The molecule has 2 aromatic heterocycles. The van der Waals surface area contributed by atoms with Gasteiger partial charge in [0.15, 0.2) is 23.5 Å². The molecule has 3 aromatic rings. The Kier molecular flexibility index (Phi) is 5.63. The number of hydrogen-bond acceptors (Lipinski definition) is 10. The number of nitrogen functional groups attached to an aromatic ring is 1. The minimum absolute atomic E-state index is 0.0414. The fourth-order valence-corrected chi connectivity index (χ4v) is 3.63. The van der Waals surface area contributed by atoms with Crippen LogP contribution in [0.25, 0.3) is 11.2 Å². The van der Waals surface area contributed by atoms with Gasteiger partial charge in [0.05, 0.1) is 24.4 Å². The molecule has 31 heavy (non-hydrogen) atoms. The van der Waals surface area contributed by atoms with Crippen molar-refractivity contribution in [3.8, 4) is 5.75 Å². The van der Waals surface area contributed by atoms with Crippen LogP contribution < -0.4 is 5.73 Å². The van der Waals surface area contributed by atoms with Crippen molar-refractivity contribution in [2.45, 2.75) is 43.8 Å². The number of aromatic hydroxyl groups is 1. The maximum Gasteiger partial charge on any atom is 0.173 e. The third-order valence-electron chi connectivity index (χ3n) is 5.27. The van der Waals surface area contributed by atoms with Gasteiger partial charge in [-0.1, -0.05) is 12.1 Å². The lowest BCUT2D eigenvalue weighted by atomic mass is 10.00. The molecule has 5 N–H and O–H groups in total. The zero-order valence-electron chi connectivity index (χ0n) is 16.3. The maximum atomic E-state index is 12.3. The van der Waals surface area contributed by atoms with Gasteiger partial charge in [-0.25, -0.2) is 15.0 Å². The Balaban J connectivity index is 1.39. The Hall–Kier alpha value is -3.41. The second-order valence-corrected chi connectivity index (χ2v) is 7.32. The fourth-order valence-electron chi connectivity index (χ4n) is 3.63. The highest BCUT2D eigenvalue weighted by Gasteiger charge is 2.44. The van der Waals surface area contributed by atoms with E-state index in [0.717, 1.165) is 0 Å². The monoisotopic (exact) mass is 427 g/mol. The molecular weight excluding hydrogens is 406 g/mol. The number of phenolic OH excluding ortho intramolecular Hbond substituents is 1. The number of para-hydroxylation sites is 1. The molecule has 11 heteroatoms. The van der Waals surface area contributed by atoms with Crippen LogP contribution in [0.2, 0.25) is 0 Å². The summed E-state index contributed by atoms with van der Waals surface area (Å²) in [5.41, 5.74) is 6.53.